The first kappa shape index (κ1) is 19.6. The predicted octanol–water partition coefficient (Wildman–Crippen LogP) is 4.31. The maximum atomic E-state index is 12.7. The topological polar surface area (TPSA) is 49.8 Å². The van der Waals surface area contributed by atoms with Gasteiger partial charge < -0.3 is 14.7 Å². The van der Waals surface area contributed by atoms with Gasteiger partial charge in [-0.05, 0) is 51.8 Å². The highest BCUT2D eigenvalue weighted by atomic mass is 19.4. The molecule has 1 aliphatic heterocycles. The molecule has 1 saturated heterocycles. The molecule has 0 spiro atoms. The van der Waals surface area contributed by atoms with Crippen molar-refractivity contribution in [2.24, 2.45) is 0 Å². The van der Waals surface area contributed by atoms with E-state index in [1.165, 1.54) is 12.1 Å². The van der Waals surface area contributed by atoms with Crippen molar-refractivity contribution in [1.29, 1.82) is 0 Å². The average molecular weight is 359 g/mol. The van der Waals surface area contributed by atoms with Crippen molar-refractivity contribution in [2.75, 3.05) is 6.54 Å². The van der Waals surface area contributed by atoms with E-state index in [0.29, 0.717) is 5.56 Å². The van der Waals surface area contributed by atoms with E-state index >= 15 is 0 Å². The number of amides is 1. The number of halogens is 3. The van der Waals surface area contributed by atoms with Crippen LogP contribution in [0.15, 0.2) is 24.3 Å². The molecule has 2 atom stereocenters. The molecule has 0 aromatic heterocycles. The van der Waals surface area contributed by atoms with Crippen molar-refractivity contribution in [3.8, 4) is 0 Å². The Labute approximate surface area is 145 Å². The minimum Gasteiger partial charge on any atom is -0.444 e. The summed E-state index contributed by atoms with van der Waals surface area (Å²) in [5, 5.41) is 10.9. The van der Waals surface area contributed by atoms with Crippen LogP contribution < -0.4 is 0 Å². The number of piperidine rings is 1. The maximum Gasteiger partial charge on any atom is 0.416 e. The smallest absolute Gasteiger partial charge is 0.416 e. The summed E-state index contributed by atoms with van der Waals surface area (Å²) >= 11 is 0. The van der Waals surface area contributed by atoms with Crippen molar-refractivity contribution >= 4 is 6.09 Å². The largest absolute Gasteiger partial charge is 0.444 e. The van der Waals surface area contributed by atoms with Crippen LogP contribution in [0.5, 0.6) is 0 Å². The van der Waals surface area contributed by atoms with Crippen LogP contribution in [0.25, 0.3) is 0 Å². The molecule has 0 radical (unpaired) electrons. The molecule has 0 bridgehead atoms. The minimum atomic E-state index is -4.41. The number of nitrogens with zero attached hydrogens (tertiary/aromatic N) is 1. The molecule has 1 heterocycles. The molecule has 0 unspecified atom stereocenters. The lowest BCUT2D eigenvalue weighted by atomic mass is 9.81. The molecule has 0 aliphatic carbocycles. The number of hydrogen-bond donors (Lipinski definition) is 1. The van der Waals surface area contributed by atoms with E-state index in [-0.39, 0.29) is 25.4 Å². The summed E-state index contributed by atoms with van der Waals surface area (Å²) in [6, 6.07) is 4.25. The van der Waals surface area contributed by atoms with Crippen LogP contribution in [-0.2, 0) is 16.5 Å². The Bertz CT molecular complexity index is 622. The summed E-state index contributed by atoms with van der Waals surface area (Å²) in [5.74, 6) is 0. The van der Waals surface area contributed by atoms with Crippen molar-refractivity contribution in [1.82, 2.24) is 4.90 Å². The van der Waals surface area contributed by atoms with E-state index in [1.54, 1.807) is 32.6 Å². The molecular formula is C18H24F3NO3. The number of rotatable bonds is 1. The number of hydrogen-bond acceptors (Lipinski definition) is 3. The van der Waals surface area contributed by atoms with Gasteiger partial charge >= 0.3 is 12.3 Å². The highest BCUT2D eigenvalue weighted by Gasteiger charge is 2.41. The Kier molecular flexibility index (Phi) is 5.10. The van der Waals surface area contributed by atoms with Crippen LogP contribution >= 0.6 is 0 Å². The lowest BCUT2D eigenvalue weighted by Gasteiger charge is -2.43. The van der Waals surface area contributed by atoms with E-state index in [4.69, 9.17) is 4.74 Å². The van der Waals surface area contributed by atoms with Crippen molar-refractivity contribution in [3.05, 3.63) is 35.4 Å². The highest BCUT2D eigenvalue weighted by Crippen LogP contribution is 2.38. The first-order valence-corrected chi connectivity index (χ1v) is 8.22. The van der Waals surface area contributed by atoms with Gasteiger partial charge in [-0.15, -0.1) is 0 Å². The van der Waals surface area contributed by atoms with Crippen LogP contribution in [0.3, 0.4) is 0 Å². The second kappa shape index (κ2) is 6.52. The van der Waals surface area contributed by atoms with E-state index in [2.05, 4.69) is 0 Å². The van der Waals surface area contributed by atoms with Gasteiger partial charge in [-0.3, -0.25) is 0 Å². The Morgan fingerprint density at radius 3 is 2.24 bits per heavy atom. The molecule has 1 aromatic rings. The third-order valence-corrected chi connectivity index (χ3v) is 4.31. The lowest BCUT2D eigenvalue weighted by molar-refractivity contribution is -0.137. The van der Waals surface area contributed by atoms with Crippen molar-refractivity contribution in [3.63, 3.8) is 0 Å². The van der Waals surface area contributed by atoms with Gasteiger partial charge in [-0.1, -0.05) is 12.1 Å². The molecule has 1 aromatic carbocycles. The van der Waals surface area contributed by atoms with Gasteiger partial charge in [0, 0.05) is 19.0 Å². The molecule has 1 fully saturated rings. The number of alkyl halides is 3. The third-order valence-electron chi connectivity index (χ3n) is 4.31. The van der Waals surface area contributed by atoms with Crippen LogP contribution in [0.4, 0.5) is 18.0 Å². The number of aliphatic hydroxyl groups is 1. The van der Waals surface area contributed by atoms with Gasteiger partial charge in [0.1, 0.15) is 5.60 Å². The molecule has 1 N–H and O–H groups in total. The van der Waals surface area contributed by atoms with E-state index in [0.717, 1.165) is 12.1 Å². The summed E-state index contributed by atoms with van der Waals surface area (Å²) in [6.45, 7) is 7.39. The summed E-state index contributed by atoms with van der Waals surface area (Å²) < 4.78 is 43.4. The number of carbonyl (C=O) groups excluding carboxylic acids is 1. The van der Waals surface area contributed by atoms with Crippen molar-refractivity contribution < 1.29 is 27.8 Å². The van der Waals surface area contributed by atoms with Gasteiger partial charge in [-0.25, -0.2) is 4.79 Å². The fourth-order valence-electron chi connectivity index (χ4n) is 3.05. The molecule has 1 amide bonds. The first-order chi connectivity index (χ1) is 11.3. The summed E-state index contributed by atoms with van der Waals surface area (Å²) in [6.07, 6.45) is -4.39. The zero-order valence-corrected chi connectivity index (χ0v) is 14.9. The molecule has 2 rings (SSSR count). The molecule has 1 aliphatic rings. The Balaban J connectivity index is 2.11. The van der Waals surface area contributed by atoms with Crippen LogP contribution in [0.1, 0.15) is 51.7 Å². The zero-order chi connectivity index (χ0) is 19.0. The van der Waals surface area contributed by atoms with E-state index in [1.807, 2.05) is 0 Å². The standard InChI is InChI=1S/C18H24F3NO3/c1-12-11-17(24,9-10-22(12)15(23)25-16(2,3)4)13-5-7-14(8-6-13)18(19,20)21/h5-8,12,24H,9-11H2,1-4H3/t12-,17-/m0/s1. The molecule has 140 valence electrons. The fourth-order valence-corrected chi connectivity index (χ4v) is 3.05. The predicted molar refractivity (Wildman–Crippen MR) is 87.0 cm³/mol. The van der Waals surface area contributed by atoms with E-state index < -0.39 is 29.0 Å². The van der Waals surface area contributed by atoms with Crippen LogP contribution in [-0.4, -0.2) is 34.3 Å². The van der Waals surface area contributed by atoms with Gasteiger partial charge in [0.15, 0.2) is 0 Å². The van der Waals surface area contributed by atoms with Gasteiger partial charge in [0.25, 0.3) is 0 Å². The van der Waals surface area contributed by atoms with Crippen LogP contribution in [0, 0.1) is 0 Å². The van der Waals surface area contributed by atoms with Gasteiger partial charge in [0.05, 0.1) is 11.2 Å². The minimum absolute atomic E-state index is 0.234. The van der Waals surface area contributed by atoms with Gasteiger partial charge in [-0.2, -0.15) is 13.2 Å². The zero-order valence-electron chi connectivity index (χ0n) is 14.9. The molecule has 7 heteroatoms. The third kappa shape index (κ3) is 4.66. The lowest BCUT2D eigenvalue weighted by Crippen LogP contribution is -2.51. The first-order valence-electron chi connectivity index (χ1n) is 8.22. The SMILES string of the molecule is C[C@H]1C[C@](O)(c2ccc(C(F)(F)F)cc2)CCN1C(=O)OC(C)(C)C. The Hall–Kier alpha value is -1.76. The molecule has 25 heavy (non-hydrogen) atoms. The maximum absolute atomic E-state index is 12.7. The summed E-state index contributed by atoms with van der Waals surface area (Å²) in [4.78, 5) is 13.8. The Morgan fingerprint density at radius 2 is 1.80 bits per heavy atom. The summed E-state index contributed by atoms with van der Waals surface area (Å²) in [7, 11) is 0. The quantitative estimate of drug-likeness (QED) is 0.813. The molecule has 0 saturated carbocycles. The molecular weight excluding hydrogens is 335 g/mol. The number of likely N-dealkylation sites (tertiary alicyclic amines) is 1. The summed E-state index contributed by atoms with van der Waals surface area (Å²) in [5.41, 5.74) is -2.20. The van der Waals surface area contributed by atoms with Crippen LogP contribution in [0.2, 0.25) is 0 Å². The number of ether oxygens (including phenoxy) is 1. The number of benzene rings is 1. The fraction of sp³-hybridized carbons (Fsp3) is 0.611. The highest BCUT2D eigenvalue weighted by molar-refractivity contribution is 5.68. The monoisotopic (exact) mass is 359 g/mol. The van der Waals surface area contributed by atoms with E-state index in [9.17, 15) is 23.1 Å². The number of carbonyl (C=O) groups is 1. The van der Waals surface area contributed by atoms with Gasteiger partial charge in [0.2, 0.25) is 0 Å². The Morgan fingerprint density at radius 1 is 1.24 bits per heavy atom. The van der Waals surface area contributed by atoms with Crippen molar-refractivity contribution in [2.45, 2.75) is 64.0 Å². The molecule has 4 nitrogen and oxygen atoms in total. The average Bonchev–Trinajstić information content (AvgIpc) is 2.44. The normalized spacial score (nSPS) is 25.0. The second-order valence-corrected chi connectivity index (χ2v) is 7.58. The second-order valence-electron chi connectivity index (χ2n) is 7.58.